The van der Waals surface area contributed by atoms with Crippen LogP contribution in [0.4, 0.5) is 0 Å². The number of fused-ring (bicyclic) bond motifs is 4. The van der Waals surface area contributed by atoms with E-state index in [0.717, 1.165) is 55.7 Å². The van der Waals surface area contributed by atoms with Crippen LogP contribution < -0.4 is 0 Å². The molecule has 0 amide bonds. The Morgan fingerprint density at radius 2 is 1.81 bits per heavy atom. The van der Waals surface area contributed by atoms with Crippen molar-refractivity contribution in [3.63, 3.8) is 0 Å². The van der Waals surface area contributed by atoms with E-state index >= 15 is 0 Å². The Bertz CT molecular complexity index is 938. The van der Waals surface area contributed by atoms with Crippen molar-refractivity contribution in [2.45, 2.75) is 112 Å². The fraction of sp³-hybridized carbons (Fsp3) is 0.875. The maximum absolute atomic E-state index is 14.7. The number of Topliss-reactive ketones (excluding diaryl/α,β-unsaturated/α-hetero) is 1. The van der Waals surface area contributed by atoms with Gasteiger partial charge in [0.05, 0.1) is 5.41 Å². The minimum absolute atomic E-state index is 0.0676. The summed E-state index contributed by atoms with van der Waals surface area (Å²) in [7, 11) is 2.23. The lowest BCUT2D eigenvalue weighted by Gasteiger charge is -2.66. The van der Waals surface area contributed by atoms with Crippen molar-refractivity contribution in [3.8, 4) is 0 Å². The van der Waals surface area contributed by atoms with Crippen molar-refractivity contribution >= 4 is 11.8 Å². The number of piperidine rings is 1. The molecule has 5 rings (SSSR count). The molecule has 0 N–H and O–H groups in total. The molecule has 3 saturated carbocycles. The summed E-state index contributed by atoms with van der Waals surface area (Å²) in [5, 5.41) is 0. The Morgan fingerprint density at radius 1 is 1.06 bits per heavy atom. The SMILES string of the molecule is CC(=O)OC1CC[C@@]2(C)C(=C3CN(C)C[C@]4(C3=O)[C@@H]3CC[C@H]([C@H](C)CCCC(C)C)[C@@]3(C)CC[C@@H]42)C1. The maximum Gasteiger partial charge on any atom is 0.302 e. The molecule has 1 saturated heterocycles. The lowest BCUT2D eigenvalue weighted by molar-refractivity contribution is -0.171. The number of rotatable bonds is 6. The zero-order valence-electron chi connectivity index (χ0n) is 24.1. The van der Waals surface area contributed by atoms with Crippen molar-refractivity contribution < 1.29 is 14.3 Å². The standard InChI is InChI=1S/C32H51NO3/c1-20(2)9-8-10-21(3)25-11-12-27-30(25,5)16-14-28-31(6)15-13-23(36-22(4)34)17-26(31)24-18-33(7)19-32(27,28)29(24)35/h20-21,23,25,27-28H,8-19H2,1-7H3/t21-,23?,25-,27-,28-,30-,31+,32+/m1/s1. The molecule has 5 aliphatic rings. The molecule has 0 aromatic carbocycles. The normalized spacial score (nSPS) is 43.2. The topological polar surface area (TPSA) is 46.6 Å². The van der Waals surface area contributed by atoms with Crippen LogP contribution >= 0.6 is 0 Å². The van der Waals surface area contributed by atoms with Crippen LogP contribution in [0.1, 0.15) is 106 Å². The first-order valence-corrected chi connectivity index (χ1v) is 15.1. The van der Waals surface area contributed by atoms with Crippen LogP contribution in [-0.4, -0.2) is 42.9 Å². The summed E-state index contributed by atoms with van der Waals surface area (Å²) in [5.41, 5.74) is 2.56. The van der Waals surface area contributed by atoms with E-state index in [1.54, 1.807) is 0 Å². The predicted molar refractivity (Wildman–Crippen MR) is 144 cm³/mol. The largest absolute Gasteiger partial charge is 0.462 e. The zero-order valence-corrected chi connectivity index (χ0v) is 24.1. The van der Waals surface area contributed by atoms with Gasteiger partial charge in [0.25, 0.3) is 0 Å². The molecule has 0 radical (unpaired) electrons. The van der Waals surface area contributed by atoms with E-state index in [2.05, 4.69) is 46.6 Å². The zero-order chi connectivity index (χ0) is 26.0. The molecule has 4 nitrogen and oxygen atoms in total. The molecular weight excluding hydrogens is 446 g/mol. The number of nitrogens with zero attached hydrogens (tertiary/aromatic N) is 1. The third kappa shape index (κ3) is 3.86. The van der Waals surface area contributed by atoms with Gasteiger partial charge in [-0.25, -0.2) is 0 Å². The van der Waals surface area contributed by atoms with Gasteiger partial charge in [-0.3, -0.25) is 9.59 Å². The van der Waals surface area contributed by atoms with Crippen LogP contribution in [0.25, 0.3) is 0 Å². The fourth-order valence-electron chi connectivity index (χ4n) is 10.6. The minimum atomic E-state index is -0.228. The van der Waals surface area contributed by atoms with Gasteiger partial charge in [-0.15, -0.1) is 0 Å². The van der Waals surface area contributed by atoms with Gasteiger partial charge in [-0.05, 0) is 86.0 Å². The summed E-state index contributed by atoms with van der Waals surface area (Å²) in [4.78, 5) is 28.8. The number of esters is 1. The summed E-state index contributed by atoms with van der Waals surface area (Å²) in [6.07, 6.45) is 11.6. The van der Waals surface area contributed by atoms with Crippen LogP contribution in [0.3, 0.4) is 0 Å². The Morgan fingerprint density at radius 3 is 2.50 bits per heavy atom. The van der Waals surface area contributed by atoms with Gasteiger partial charge >= 0.3 is 5.97 Å². The van der Waals surface area contributed by atoms with Crippen LogP contribution in [0.15, 0.2) is 11.1 Å². The number of ketones is 1. The van der Waals surface area contributed by atoms with Crippen molar-refractivity contribution in [2.75, 3.05) is 20.1 Å². The fourth-order valence-corrected chi connectivity index (χ4v) is 10.6. The van der Waals surface area contributed by atoms with Crippen LogP contribution in [0.5, 0.6) is 0 Å². The molecule has 0 aromatic heterocycles. The predicted octanol–water partition coefficient (Wildman–Crippen LogP) is 6.82. The molecule has 202 valence electrons. The second kappa shape index (κ2) is 9.24. The molecule has 1 heterocycles. The van der Waals surface area contributed by atoms with Crippen LogP contribution in [0, 0.1) is 45.8 Å². The summed E-state index contributed by atoms with van der Waals surface area (Å²) in [6, 6.07) is 0. The number of hydrogen-bond acceptors (Lipinski definition) is 4. The van der Waals surface area contributed by atoms with Crippen molar-refractivity contribution in [2.24, 2.45) is 45.8 Å². The van der Waals surface area contributed by atoms with Gasteiger partial charge < -0.3 is 9.64 Å². The lowest BCUT2D eigenvalue weighted by atomic mass is 9.38. The van der Waals surface area contributed by atoms with E-state index < -0.39 is 0 Å². The first kappa shape index (κ1) is 26.4. The lowest BCUT2D eigenvalue weighted by Crippen LogP contribution is -2.68. The Hall–Kier alpha value is -1.16. The number of carbonyl (C=O) groups is 2. The van der Waals surface area contributed by atoms with Gasteiger partial charge in [-0.2, -0.15) is 0 Å². The van der Waals surface area contributed by atoms with Gasteiger partial charge in [0, 0.05) is 32.0 Å². The Kier molecular flexibility index (Phi) is 6.79. The highest BCUT2D eigenvalue weighted by Crippen LogP contribution is 2.73. The summed E-state index contributed by atoms with van der Waals surface area (Å²) in [5.74, 6) is 3.48. The van der Waals surface area contributed by atoms with E-state index in [-0.39, 0.29) is 28.3 Å². The van der Waals surface area contributed by atoms with E-state index in [0.29, 0.717) is 17.6 Å². The molecule has 4 heteroatoms. The number of carbonyl (C=O) groups excluding carboxylic acids is 2. The molecule has 1 unspecified atom stereocenters. The second-order valence-corrected chi connectivity index (χ2v) is 14.5. The second-order valence-electron chi connectivity index (χ2n) is 14.5. The van der Waals surface area contributed by atoms with E-state index in [4.69, 9.17) is 4.74 Å². The van der Waals surface area contributed by atoms with Crippen molar-refractivity contribution in [1.82, 2.24) is 4.90 Å². The smallest absolute Gasteiger partial charge is 0.302 e. The molecule has 4 fully saturated rings. The summed E-state index contributed by atoms with van der Waals surface area (Å²) >= 11 is 0. The molecular formula is C32H51NO3. The number of hydrogen-bond donors (Lipinski definition) is 0. The molecule has 2 bridgehead atoms. The maximum atomic E-state index is 14.7. The molecule has 8 atom stereocenters. The highest BCUT2D eigenvalue weighted by Gasteiger charge is 2.71. The third-order valence-corrected chi connectivity index (χ3v) is 12.0. The minimum Gasteiger partial charge on any atom is -0.462 e. The van der Waals surface area contributed by atoms with E-state index in [9.17, 15) is 9.59 Å². The Labute approximate surface area is 220 Å². The average Bonchev–Trinajstić information content (AvgIpc) is 3.14. The number of likely N-dealkylation sites (N-methyl/N-ethyl adjacent to an activating group) is 1. The molecule has 0 aromatic rings. The average molecular weight is 498 g/mol. The molecule has 1 aliphatic heterocycles. The van der Waals surface area contributed by atoms with Crippen LogP contribution in [-0.2, 0) is 14.3 Å². The van der Waals surface area contributed by atoms with Crippen molar-refractivity contribution in [3.05, 3.63) is 11.1 Å². The van der Waals surface area contributed by atoms with Crippen LogP contribution in [0.2, 0.25) is 0 Å². The Balaban J connectivity index is 1.50. The highest BCUT2D eigenvalue weighted by molar-refractivity contribution is 6.04. The van der Waals surface area contributed by atoms with Gasteiger partial charge in [-0.1, -0.05) is 59.5 Å². The van der Waals surface area contributed by atoms with E-state index in [1.165, 1.54) is 57.4 Å². The highest BCUT2D eigenvalue weighted by atomic mass is 16.5. The quantitative estimate of drug-likeness (QED) is 0.378. The van der Waals surface area contributed by atoms with Crippen molar-refractivity contribution in [1.29, 1.82) is 0 Å². The summed E-state index contributed by atoms with van der Waals surface area (Å²) in [6.45, 7) is 15.5. The number of likely N-dealkylation sites (tertiary alicyclic amines) is 1. The summed E-state index contributed by atoms with van der Waals surface area (Å²) < 4.78 is 5.69. The first-order chi connectivity index (χ1) is 16.9. The van der Waals surface area contributed by atoms with Gasteiger partial charge in [0.15, 0.2) is 5.78 Å². The van der Waals surface area contributed by atoms with E-state index in [1.807, 2.05) is 0 Å². The molecule has 36 heavy (non-hydrogen) atoms. The first-order valence-electron chi connectivity index (χ1n) is 15.1. The van der Waals surface area contributed by atoms with Gasteiger partial charge in [0.2, 0.25) is 0 Å². The monoisotopic (exact) mass is 497 g/mol. The number of ether oxygens (including phenoxy) is 1. The van der Waals surface area contributed by atoms with Gasteiger partial charge in [0.1, 0.15) is 6.10 Å². The molecule has 1 spiro atoms. The molecule has 4 aliphatic carbocycles. The third-order valence-electron chi connectivity index (χ3n) is 12.0.